The molecule has 0 bridgehead atoms. The molecule has 3 rings (SSSR count). The summed E-state index contributed by atoms with van der Waals surface area (Å²) >= 11 is 1.51. The summed E-state index contributed by atoms with van der Waals surface area (Å²) in [6.45, 7) is 4.68. The highest BCUT2D eigenvalue weighted by Gasteiger charge is 2.08. The van der Waals surface area contributed by atoms with Crippen molar-refractivity contribution in [3.8, 4) is 0 Å². The average Bonchev–Trinajstić information content (AvgIpc) is 2.97. The topological polar surface area (TPSA) is 79.4 Å². The summed E-state index contributed by atoms with van der Waals surface area (Å²) in [6.07, 6.45) is 1.55. The maximum absolute atomic E-state index is 4.26. The van der Waals surface area contributed by atoms with E-state index >= 15 is 0 Å². The van der Waals surface area contributed by atoms with E-state index in [1.165, 1.54) is 16.9 Å². The summed E-state index contributed by atoms with van der Waals surface area (Å²) in [5.74, 6) is 0.751. The van der Waals surface area contributed by atoms with Gasteiger partial charge in [0.1, 0.15) is 16.7 Å². The van der Waals surface area contributed by atoms with Gasteiger partial charge in [-0.05, 0) is 19.4 Å². The molecule has 0 aliphatic rings. The second kappa shape index (κ2) is 4.34. The molecule has 0 saturated carbocycles. The molecule has 2 N–H and O–H groups in total. The Bertz CT molecular complexity index is 686. The predicted molar refractivity (Wildman–Crippen MR) is 70.6 cm³/mol. The van der Waals surface area contributed by atoms with Gasteiger partial charge in [0.25, 0.3) is 0 Å². The van der Waals surface area contributed by atoms with Gasteiger partial charge >= 0.3 is 0 Å². The molecule has 0 amide bonds. The van der Waals surface area contributed by atoms with E-state index in [0.717, 1.165) is 27.6 Å². The molecular formula is C11H12N6S. The maximum atomic E-state index is 4.26. The summed E-state index contributed by atoms with van der Waals surface area (Å²) in [5, 5.41) is 10.5. The quantitative estimate of drug-likeness (QED) is 0.753. The zero-order valence-corrected chi connectivity index (χ0v) is 10.9. The van der Waals surface area contributed by atoms with Crippen molar-refractivity contribution in [1.82, 2.24) is 25.1 Å². The second-order valence-corrected chi connectivity index (χ2v) is 4.84. The molecule has 3 aromatic rings. The highest BCUT2D eigenvalue weighted by molar-refractivity contribution is 7.16. The molecule has 0 aliphatic carbocycles. The molecule has 0 aromatic carbocycles. The lowest BCUT2D eigenvalue weighted by Crippen LogP contribution is -2.04. The van der Waals surface area contributed by atoms with Crippen molar-refractivity contribution >= 4 is 27.5 Å². The van der Waals surface area contributed by atoms with E-state index in [1.807, 2.05) is 13.8 Å². The number of fused-ring (bicyclic) bond motifs is 1. The minimum atomic E-state index is 0.625. The standard InChI is InChI=1S/C11H12N6S/c1-6-7(2)16-17-8(6)3-12-10-9-11(14-4-13-10)18-5-15-9/h4-5H,3H2,1-2H3,(H,16,17)(H,12,13,14). The van der Waals surface area contributed by atoms with Crippen LogP contribution in [0.25, 0.3) is 10.3 Å². The van der Waals surface area contributed by atoms with Crippen LogP contribution in [-0.2, 0) is 6.54 Å². The Hall–Kier alpha value is -2.02. The third kappa shape index (κ3) is 1.82. The predicted octanol–water partition coefficient (Wildman–Crippen LogP) is 2.04. The first-order valence-electron chi connectivity index (χ1n) is 5.54. The van der Waals surface area contributed by atoms with Gasteiger partial charge in [-0.1, -0.05) is 0 Å². The van der Waals surface area contributed by atoms with Gasteiger partial charge in [-0.25, -0.2) is 15.0 Å². The Morgan fingerprint density at radius 3 is 2.94 bits per heavy atom. The smallest absolute Gasteiger partial charge is 0.157 e. The van der Waals surface area contributed by atoms with Gasteiger partial charge in [-0.2, -0.15) is 5.10 Å². The van der Waals surface area contributed by atoms with Crippen LogP contribution in [0.1, 0.15) is 17.0 Å². The normalized spacial score (nSPS) is 11.0. The third-order valence-corrected chi connectivity index (χ3v) is 3.64. The van der Waals surface area contributed by atoms with E-state index in [0.29, 0.717) is 6.54 Å². The van der Waals surface area contributed by atoms with Crippen LogP contribution in [0.2, 0.25) is 0 Å². The van der Waals surface area contributed by atoms with Crippen LogP contribution in [-0.4, -0.2) is 25.1 Å². The fourth-order valence-corrected chi connectivity index (χ4v) is 2.33. The Labute approximate surface area is 108 Å². The average molecular weight is 260 g/mol. The number of nitrogens with zero attached hydrogens (tertiary/aromatic N) is 4. The molecule has 0 spiro atoms. The minimum absolute atomic E-state index is 0.625. The van der Waals surface area contributed by atoms with E-state index in [4.69, 9.17) is 0 Å². The van der Waals surface area contributed by atoms with Gasteiger partial charge in [0.05, 0.1) is 17.7 Å². The lowest BCUT2D eigenvalue weighted by atomic mass is 10.2. The van der Waals surface area contributed by atoms with Crippen molar-refractivity contribution < 1.29 is 0 Å². The summed E-state index contributed by atoms with van der Waals surface area (Å²) < 4.78 is 0. The number of hydrogen-bond donors (Lipinski definition) is 2. The summed E-state index contributed by atoms with van der Waals surface area (Å²) in [6, 6.07) is 0. The highest BCUT2D eigenvalue weighted by atomic mass is 32.1. The summed E-state index contributed by atoms with van der Waals surface area (Å²) in [7, 11) is 0. The first kappa shape index (κ1) is 11.1. The number of aromatic amines is 1. The molecule has 0 unspecified atom stereocenters. The molecule has 0 atom stereocenters. The summed E-state index contributed by atoms with van der Waals surface area (Å²) in [5.41, 5.74) is 5.84. The van der Waals surface area contributed by atoms with Crippen LogP contribution < -0.4 is 5.32 Å². The van der Waals surface area contributed by atoms with Gasteiger partial charge in [0.2, 0.25) is 0 Å². The molecule has 92 valence electrons. The Morgan fingerprint density at radius 1 is 1.28 bits per heavy atom. The number of nitrogens with one attached hydrogen (secondary N) is 2. The first-order valence-corrected chi connectivity index (χ1v) is 6.42. The van der Waals surface area contributed by atoms with Gasteiger partial charge in [0, 0.05) is 5.69 Å². The van der Waals surface area contributed by atoms with Crippen molar-refractivity contribution in [3.63, 3.8) is 0 Å². The maximum Gasteiger partial charge on any atom is 0.157 e. The van der Waals surface area contributed by atoms with Crippen molar-refractivity contribution in [1.29, 1.82) is 0 Å². The fraction of sp³-hybridized carbons (Fsp3) is 0.273. The van der Waals surface area contributed by atoms with E-state index in [-0.39, 0.29) is 0 Å². The van der Waals surface area contributed by atoms with E-state index in [2.05, 4.69) is 30.5 Å². The van der Waals surface area contributed by atoms with Crippen LogP contribution in [0.3, 0.4) is 0 Å². The minimum Gasteiger partial charge on any atom is -0.362 e. The molecule has 18 heavy (non-hydrogen) atoms. The third-order valence-electron chi connectivity index (χ3n) is 2.91. The lowest BCUT2D eigenvalue weighted by molar-refractivity contribution is 0.960. The molecule has 7 heteroatoms. The van der Waals surface area contributed by atoms with Crippen molar-refractivity contribution in [2.75, 3.05) is 5.32 Å². The van der Waals surface area contributed by atoms with Gasteiger partial charge in [-0.15, -0.1) is 11.3 Å². The Morgan fingerprint density at radius 2 is 2.17 bits per heavy atom. The number of hydrogen-bond acceptors (Lipinski definition) is 6. The number of anilines is 1. The molecule has 0 radical (unpaired) electrons. The van der Waals surface area contributed by atoms with Crippen molar-refractivity contribution in [2.24, 2.45) is 0 Å². The first-order chi connectivity index (χ1) is 8.75. The lowest BCUT2D eigenvalue weighted by Gasteiger charge is -2.04. The number of thiazole rings is 1. The number of rotatable bonds is 3. The highest BCUT2D eigenvalue weighted by Crippen LogP contribution is 2.21. The van der Waals surface area contributed by atoms with E-state index < -0.39 is 0 Å². The second-order valence-electron chi connectivity index (χ2n) is 4.00. The van der Waals surface area contributed by atoms with Crippen LogP contribution in [0, 0.1) is 13.8 Å². The Kier molecular flexibility index (Phi) is 2.67. The monoisotopic (exact) mass is 260 g/mol. The zero-order valence-electron chi connectivity index (χ0n) is 10.1. The van der Waals surface area contributed by atoms with Gasteiger partial charge in [-0.3, -0.25) is 5.10 Å². The van der Waals surface area contributed by atoms with Gasteiger partial charge in [0.15, 0.2) is 5.82 Å². The number of H-pyrrole nitrogens is 1. The number of aromatic nitrogens is 5. The largest absolute Gasteiger partial charge is 0.362 e. The van der Waals surface area contributed by atoms with Crippen molar-refractivity contribution in [2.45, 2.75) is 20.4 Å². The van der Waals surface area contributed by atoms with E-state index in [9.17, 15) is 0 Å². The zero-order chi connectivity index (χ0) is 12.5. The molecule has 3 heterocycles. The van der Waals surface area contributed by atoms with Gasteiger partial charge < -0.3 is 5.32 Å². The van der Waals surface area contributed by atoms with Crippen LogP contribution in [0.15, 0.2) is 11.8 Å². The summed E-state index contributed by atoms with van der Waals surface area (Å²) in [4.78, 5) is 13.5. The van der Waals surface area contributed by atoms with Crippen molar-refractivity contribution in [3.05, 3.63) is 28.8 Å². The molecule has 6 nitrogen and oxygen atoms in total. The Balaban J connectivity index is 1.85. The molecule has 0 fully saturated rings. The van der Waals surface area contributed by atoms with Crippen LogP contribution in [0.5, 0.6) is 0 Å². The van der Waals surface area contributed by atoms with Crippen LogP contribution >= 0.6 is 11.3 Å². The number of aryl methyl sites for hydroxylation is 1. The molecule has 0 aliphatic heterocycles. The molecule has 0 saturated heterocycles. The van der Waals surface area contributed by atoms with E-state index in [1.54, 1.807) is 11.8 Å². The van der Waals surface area contributed by atoms with Crippen LogP contribution in [0.4, 0.5) is 5.82 Å². The molecule has 3 aromatic heterocycles. The SMILES string of the molecule is Cc1[nH]nc(CNc2ncnc3scnc23)c1C. The molecular weight excluding hydrogens is 248 g/mol. The fourth-order valence-electron chi connectivity index (χ4n) is 1.70.